The Hall–Kier alpha value is -3.62. The maximum Gasteiger partial charge on any atom is 0.341 e. The van der Waals surface area contributed by atoms with Gasteiger partial charge in [0.25, 0.3) is 0 Å². The molecule has 2 N–H and O–H groups in total. The molecule has 0 unspecified atom stereocenters. The largest absolute Gasteiger partial charge is 0.490 e. The number of halogens is 1. The van der Waals surface area contributed by atoms with Crippen molar-refractivity contribution in [1.82, 2.24) is 4.90 Å². The molecule has 36 heavy (non-hydrogen) atoms. The molecule has 1 heterocycles. The van der Waals surface area contributed by atoms with Crippen LogP contribution < -0.4 is 14.2 Å². The average Bonchev–Trinajstić information content (AvgIpc) is 3.49. The minimum absolute atomic E-state index is 0.0193. The maximum atomic E-state index is 15.3. The maximum absolute atomic E-state index is 15.3. The number of carbonyl (C=O) groups is 2. The molecule has 0 amide bonds. The fourth-order valence-electron chi connectivity index (χ4n) is 4.97. The van der Waals surface area contributed by atoms with Gasteiger partial charge in [0.15, 0.2) is 29.7 Å². The van der Waals surface area contributed by atoms with Crippen LogP contribution in [0, 0.1) is 11.2 Å². The van der Waals surface area contributed by atoms with E-state index in [1.54, 1.807) is 38.1 Å². The molecule has 2 aromatic carbocycles. The third-order valence-corrected chi connectivity index (χ3v) is 6.58. The predicted molar refractivity (Wildman–Crippen MR) is 131 cm³/mol. The summed E-state index contributed by atoms with van der Waals surface area (Å²) >= 11 is 0. The first-order valence-corrected chi connectivity index (χ1v) is 12.3. The highest BCUT2D eigenvalue weighted by atomic mass is 19.1. The van der Waals surface area contributed by atoms with Crippen LogP contribution in [0.5, 0.6) is 17.2 Å². The van der Waals surface area contributed by atoms with Crippen molar-refractivity contribution in [3.05, 3.63) is 52.3 Å². The summed E-state index contributed by atoms with van der Waals surface area (Å²) in [6.07, 6.45) is 4.06. The number of benzene rings is 2. The molecule has 8 nitrogen and oxygen atoms in total. The second kappa shape index (κ2) is 11.0. The van der Waals surface area contributed by atoms with Crippen LogP contribution in [0.3, 0.4) is 0 Å². The Morgan fingerprint density at radius 2 is 1.81 bits per heavy atom. The Morgan fingerprint density at radius 1 is 1.08 bits per heavy atom. The number of hydrogen-bond acceptors (Lipinski definition) is 6. The summed E-state index contributed by atoms with van der Waals surface area (Å²) in [7, 11) is 0. The number of nitrogens with one attached hydrogen (secondary N) is 1. The molecule has 1 aliphatic carbocycles. The van der Waals surface area contributed by atoms with Crippen LogP contribution in [0.1, 0.15) is 72.5 Å². The van der Waals surface area contributed by atoms with Crippen LogP contribution >= 0.6 is 0 Å². The number of fused-ring (bicyclic) bond motifs is 1. The van der Waals surface area contributed by atoms with Gasteiger partial charge >= 0.3 is 5.97 Å². The van der Waals surface area contributed by atoms with Gasteiger partial charge in [-0.1, -0.05) is 12.8 Å². The Kier molecular flexibility index (Phi) is 7.76. The van der Waals surface area contributed by atoms with E-state index in [2.05, 4.69) is 0 Å². The van der Waals surface area contributed by atoms with Gasteiger partial charge in [-0.3, -0.25) is 10.2 Å². The number of carbonyl (C=O) groups excluding carboxylic acids is 1. The van der Waals surface area contributed by atoms with Crippen molar-refractivity contribution in [1.29, 1.82) is 5.41 Å². The fraction of sp³-hybridized carbons (Fsp3) is 0.444. The highest BCUT2D eigenvalue weighted by Crippen LogP contribution is 2.40. The first kappa shape index (κ1) is 25.5. The van der Waals surface area contributed by atoms with Gasteiger partial charge in [-0.15, -0.1) is 0 Å². The number of ether oxygens (including phenoxy) is 3. The summed E-state index contributed by atoms with van der Waals surface area (Å²) in [5, 5.41) is 17.6. The lowest BCUT2D eigenvalue weighted by Crippen LogP contribution is -2.30. The molecule has 0 bridgehead atoms. The zero-order chi connectivity index (χ0) is 25.8. The van der Waals surface area contributed by atoms with Gasteiger partial charge < -0.3 is 24.2 Å². The SMILES string of the molecule is CCOc1cc2c(c(F)c1OCC)C(=N)N(CC(=O)c1ccc(OCC(=O)O)c(C3CCCC3)c1)C2. The van der Waals surface area contributed by atoms with E-state index < -0.39 is 18.4 Å². The molecule has 0 atom stereocenters. The summed E-state index contributed by atoms with van der Waals surface area (Å²) in [6, 6.07) is 6.73. The number of nitrogens with zero attached hydrogens (tertiary/aromatic N) is 1. The molecule has 0 saturated heterocycles. The minimum atomic E-state index is -1.06. The van der Waals surface area contributed by atoms with Crippen molar-refractivity contribution in [3.63, 3.8) is 0 Å². The Labute approximate surface area is 209 Å². The van der Waals surface area contributed by atoms with Gasteiger partial charge in [-0.05, 0) is 68.0 Å². The quantitative estimate of drug-likeness (QED) is 0.430. The van der Waals surface area contributed by atoms with Crippen molar-refractivity contribution in [2.24, 2.45) is 0 Å². The topological polar surface area (TPSA) is 109 Å². The predicted octanol–water partition coefficient (Wildman–Crippen LogP) is 4.77. The number of ketones is 1. The smallest absolute Gasteiger partial charge is 0.341 e. The highest BCUT2D eigenvalue weighted by molar-refractivity contribution is 6.06. The summed E-state index contributed by atoms with van der Waals surface area (Å²) < 4.78 is 31.8. The van der Waals surface area contributed by atoms with Crippen LogP contribution in [0.4, 0.5) is 4.39 Å². The fourth-order valence-corrected chi connectivity index (χ4v) is 4.97. The molecular formula is C27H31FN2O6. The molecule has 0 radical (unpaired) electrons. The standard InChI is InChI=1S/C27H31FN2O6/c1-3-34-22-12-18-13-30(27(29)24(18)25(28)26(22)35-4-2)14-20(31)17-9-10-21(36-15-23(32)33)19(11-17)16-7-5-6-8-16/h9-12,16,29H,3-8,13-15H2,1-2H3,(H,32,33). The second-order valence-corrected chi connectivity index (χ2v) is 8.96. The summed E-state index contributed by atoms with van der Waals surface area (Å²) in [5.74, 6) is -1.04. The van der Waals surface area contributed by atoms with E-state index in [9.17, 15) is 9.59 Å². The van der Waals surface area contributed by atoms with Crippen molar-refractivity contribution in [2.75, 3.05) is 26.4 Å². The van der Waals surface area contributed by atoms with E-state index in [0.29, 0.717) is 23.5 Å². The van der Waals surface area contributed by atoms with Crippen LogP contribution in [0.2, 0.25) is 0 Å². The molecule has 9 heteroatoms. The third kappa shape index (κ3) is 5.15. The highest BCUT2D eigenvalue weighted by Gasteiger charge is 2.33. The lowest BCUT2D eigenvalue weighted by Gasteiger charge is -2.19. The molecule has 1 fully saturated rings. The minimum Gasteiger partial charge on any atom is -0.490 e. The van der Waals surface area contributed by atoms with E-state index in [-0.39, 0.29) is 54.3 Å². The van der Waals surface area contributed by atoms with Gasteiger partial charge in [-0.25, -0.2) is 9.18 Å². The lowest BCUT2D eigenvalue weighted by molar-refractivity contribution is -0.139. The molecule has 0 spiro atoms. The number of carboxylic acids is 1. The van der Waals surface area contributed by atoms with Gasteiger partial charge in [-0.2, -0.15) is 0 Å². The number of amidine groups is 1. The van der Waals surface area contributed by atoms with Crippen molar-refractivity contribution < 1.29 is 33.3 Å². The van der Waals surface area contributed by atoms with Crippen molar-refractivity contribution >= 4 is 17.6 Å². The molecule has 0 aromatic heterocycles. The van der Waals surface area contributed by atoms with Gasteiger partial charge in [0, 0.05) is 12.1 Å². The summed E-state index contributed by atoms with van der Waals surface area (Å²) in [5.41, 5.74) is 1.99. The molecule has 2 aromatic rings. The summed E-state index contributed by atoms with van der Waals surface area (Å²) in [4.78, 5) is 25.8. The zero-order valence-corrected chi connectivity index (χ0v) is 20.6. The van der Waals surface area contributed by atoms with Gasteiger partial charge in [0.2, 0.25) is 0 Å². The molecule has 2 aliphatic rings. The summed E-state index contributed by atoms with van der Waals surface area (Å²) in [6.45, 7) is 3.80. The van der Waals surface area contributed by atoms with Crippen molar-refractivity contribution in [3.8, 4) is 17.2 Å². The number of rotatable bonds is 11. The Bertz CT molecular complexity index is 1180. The molecule has 192 valence electrons. The van der Waals surface area contributed by atoms with Crippen LogP contribution in [-0.4, -0.2) is 54.0 Å². The number of Topliss-reactive ketones (excluding diaryl/α,β-unsaturated/α-hetero) is 1. The van der Waals surface area contributed by atoms with E-state index in [1.807, 2.05) is 0 Å². The van der Waals surface area contributed by atoms with Crippen LogP contribution in [0.25, 0.3) is 0 Å². The monoisotopic (exact) mass is 498 g/mol. The number of carboxylic acid groups (broad SMARTS) is 1. The lowest BCUT2D eigenvalue weighted by atomic mass is 9.94. The molecule has 1 saturated carbocycles. The number of hydrogen-bond donors (Lipinski definition) is 2. The van der Waals surface area contributed by atoms with Crippen molar-refractivity contribution in [2.45, 2.75) is 52.0 Å². The number of aliphatic carboxylic acids is 1. The average molecular weight is 499 g/mol. The molecular weight excluding hydrogens is 467 g/mol. The van der Waals surface area contributed by atoms with E-state index in [0.717, 1.165) is 31.2 Å². The Morgan fingerprint density at radius 3 is 2.47 bits per heavy atom. The van der Waals surface area contributed by atoms with Crippen LogP contribution in [0.15, 0.2) is 24.3 Å². The van der Waals surface area contributed by atoms with Gasteiger partial charge in [0.1, 0.15) is 11.6 Å². The van der Waals surface area contributed by atoms with E-state index >= 15 is 4.39 Å². The normalized spacial score (nSPS) is 15.2. The second-order valence-electron chi connectivity index (χ2n) is 8.96. The zero-order valence-electron chi connectivity index (χ0n) is 20.6. The van der Waals surface area contributed by atoms with E-state index in [1.165, 1.54) is 4.90 Å². The van der Waals surface area contributed by atoms with Crippen LogP contribution in [-0.2, 0) is 11.3 Å². The van der Waals surface area contributed by atoms with Gasteiger partial charge in [0.05, 0.1) is 25.3 Å². The van der Waals surface area contributed by atoms with E-state index in [4.69, 9.17) is 24.7 Å². The Balaban J connectivity index is 1.56. The molecule has 1 aliphatic heterocycles. The first-order valence-electron chi connectivity index (χ1n) is 12.3. The molecule has 4 rings (SSSR count). The third-order valence-electron chi connectivity index (χ3n) is 6.58. The first-order chi connectivity index (χ1) is 17.3.